The summed E-state index contributed by atoms with van der Waals surface area (Å²) in [5.41, 5.74) is 0. The van der Waals surface area contributed by atoms with Crippen molar-refractivity contribution >= 4 is 9.84 Å². The molecule has 0 aromatic heterocycles. The van der Waals surface area contributed by atoms with E-state index in [9.17, 15) is 8.42 Å². The summed E-state index contributed by atoms with van der Waals surface area (Å²) in [7, 11) is -3.06. The maximum Gasteiger partial charge on any atom is 0.155 e. The molecule has 1 N–H and O–H groups in total. The highest BCUT2D eigenvalue weighted by Crippen LogP contribution is 2.10. The van der Waals surface area contributed by atoms with Gasteiger partial charge in [-0.25, -0.2) is 8.42 Å². The Bertz CT molecular complexity index is 194. The summed E-state index contributed by atoms with van der Waals surface area (Å²) < 4.78 is 22.4. The molecular weight excluding hydrogens is 164 g/mol. The molecule has 2 atom stereocenters. The van der Waals surface area contributed by atoms with Crippen LogP contribution in [0, 0.1) is 0 Å². The Morgan fingerprint density at radius 2 is 1.82 bits per heavy atom. The predicted molar refractivity (Wildman–Crippen MR) is 45.2 cm³/mol. The zero-order chi connectivity index (χ0) is 9.07. The maximum absolute atomic E-state index is 11.2. The van der Waals surface area contributed by atoms with Crippen molar-refractivity contribution in [2.45, 2.75) is 38.5 Å². The molecule has 0 saturated carbocycles. The molecule has 0 aliphatic heterocycles. The number of rotatable bonds is 4. The van der Waals surface area contributed by atoms with Crippen molar-refractivity contribution in [1.29, 1.82) is 0 Å². The van der Waals surface area contributed by atoms with E-state index >= 15 is 0 Å². The molecule has 0 aromatic rings. The maximum atomic E-state index is 11.2. The van der Waals surface area contributed by atoms with E-state index in [0.29, 0.717) is 6.42 Å². The average molecular weight is 180 g/mol. The highest BCUT2D eigenvalue weighted by molar-refractivity contribution is 7.92. The summed E-state index contributed by atoms with van der Waals surface area (Å²) in [5.74, 6) is 0.108. The van der Waals surface area contributed by atoms with E-state index in [1.807, 2.05) is 0 Å². The Kier molecular flexibility index (Phi) is 4.03. The van der Waals surface area contributed by atoms with Crippen LogP contribution in [-0.4, -0.2) is 30.6 Å². The quantitative estimate of drug-likeness (QED) is 0.688. The first-order valence-corrected chi connectivity index (χ1v) is 5.56. The topological polar surface area (TPSA) is 54.4 Å². The first-order valence-electron chi connectivity index (χ1n) is 3.85. The van der Waals surface area contributed by atoms with Gasteiger partial charge in [-0.05, 0) is 13.3 Å². The van der Waals surface area contributed by atoms with Crippen molar-refractivity contribution in [3.63, 3.8) is 0 Å². The van der Waals surface area contributed by atoms with Gasteiger partial charge < -0.3 is 5.11 Å². The minimum absolute atomic E-state index is 0.108. The van der Waals surface area contributed by atoms with Crippen molar-refractivity contribution in [2.24, 2.45) is 0 Å². The molecule has 0 saturated heterocycles. The highest BCUT2D eigenvalue weighted by atomic mass is 32.2. The van der Waals surface area contributed by atoms with E-state index < -0.39 is 21.2 Å². The number of aliphatic hydroxyl groups is 1. The summed E-state index contributed by atoms with van der Waals surface area (Å²) in [4.78, 5) is 0. The van der Waals surface area contributed by atoms with Gasteiger partial charge in [-0.2, -0.15) is 0 Å². The van der Waals surface area contributed by atoms with Crippen LogP contribution in [0.5, 0.6) is 0 Å². The molecule has 0 heterocycles. The van der Waals surface area contributed by atoms with Gasteiger partial charge in [0, 0.05) is 5.75 Å². The van der Waals surface area contributed by atoms with E-state index in [-0.39, 0.29) is 5.75 Å². The number of hydrogen-bond donors (Lipinski definition) is 1. The molecule has 68 valence electrons. The minimum Gasteiger partial charge on any atom is -0.392 e. The lowest BCUT2D eigenvalue weighted by molar-refractivity contribution is 0.186. The van der Waals surface area contributed by atoms with Gasteiger partial charge in [0.25, 0.3) is 0 Å². The molecule has 0 bridgehead atoms. The van der Waals surface area contributed by atoms with Crippen LogP contribution in [0.1, 0.15) is 27.2 Å². The molecule has 0 unspecified atom stereocenters. The summed E-state index contributed by atoms with van der Waals surface area (Å²) in [6, 6.07) is 0. The van der Waals surface area contributed by atoms with Crippen LogP contribution in [0.15, 0.2) is 0 Å². The van der Waals surface area contributed by atoms with E-state index in [1.54, 1.807) is 13.8 Å². The Balaban J connectivity index is 4.51. The largest absolute Gasteiger partial charge is 0.392 e. The monoisotopic (exact) mass is 180 g/mol. The van der Waals surface area contributed by atoms with Crippen LogP contribution in [0.2, 0.25) is 0 Å². The molecular formula is C7H16O3S. The Labute approximate surface area is 68.3 Å². The van der Waals surface area contributed by atoms with Gasteiger partial charge in [-0.3, -0.25) is 0 Å². The van der Waals surface area contributed by atoms with Crippen molar-refractivity contribution in [1.82, 2.24) is 0 Å². The molecule has 0 rings (SSSR count). The third kappa shape index (κ3) is 2.79. The molecule has 0 radical (unpaired) electrons. The average Bonchev–Trinajstić information content (AvgIpc) is 1.88. The number of hydrogen-bond acceptors (Lipinski definition) is 3. The predicted octanol–water partition coefficient (Wildman–Crippen LogP) is 0.581. The van der Waals surface area contributed by atoms with E-state index in [2.05, 4.69) is 0 Å². The lowest BCUT2D eigenvalue weighted by atomic mass is 10.2. The van der Waals surface area contributed by atoms with Gasteiger partial charge in [0.05, 0.1) is 11.4 Å². The van der Waals surface area contributed by atoms with Gasteiger partial charge in [-0.1, -0.05) is 13.8 Å². The Hall–Kier alpha value is -0.0900. The van der Waals surface area contributed by atoms with E-state index in [0.717, 1.165) is 0 Å². The van der Waals surface area contributed by atoms with Crippen molar-refractivity contribution in [3.05, 3.63) is 0 Å². The minimum atomic E-state index is -3.06. The third-order valence-electron chi connectivity index (χ3n) is 1.80. The summed E-state index contributed by atoms with van der Waals surface area (Å²) in [6.07, 6.45) is -0.279. The van der Waals surface area contributed by atoms with Gasteiger partial charge in [-0.15, -0.1) is 0 Å². The second-order valence-electron chi connectivity index (χ2n) is 2.64. The van der Waals surface area contributed by atoms with Crippen molar-refractivity contribution < 1.29 is 13.5 Å². The first kappa shape index (κ1) is 10.9. The molecule has 0 fully saturated rings. The van der Waals surface area contributed by atoms with Crippen LogP contribution in [0.3, 0.4) is 0 Å². The second kappa shape index (κ2) is 4.07. The second-order valence-corrected chi connectivity index (χ2v) is 5.15. The summed E-state index contributed by atoms with van der Waals surface area (Å²) >= 11 is 0. The summed E-state index contributed by atoms with van der Waals surface area (Å²) in [6.45, 7) is 4.88. The third-order valence-corrected chi connectivity index (χ3v) is 4.26. The Morgan fingerprint density at radius 3 is 1.91 bits per heavy atom. The fourth-order valence-corrected chi connectivity index (χ4v) is 2.65. The van der Waals surface area contributed by atoms with Crippen molar-refractivity contribution in [3.8, 4) is 0 Å². The zero-order valence-corrected chi connectivity index (χ0v) is 8.06. The summed E-state index contributed by atoms with van der Waals surface area (Å²) in [5, 5.41) is 8.51. The van der Waals surface area contributed by atoms with Crippen LogP contribution < -0.4 is 0 Å². The van der Waals surface area contributed by atoms with Crippen LogP contribution in [0.25, 0.3) is 0 Å². The molecule has 3 nitrogen and oxygen atoms in total. The van der Waals surface area contributed by atoms with Crippen molar-refractivity contribution in [2.75, 3.05) is 5.75 Å². The van der Waals surface area contributed by atoms with E-state index in [1.165, 1.54) is 6.92 Å². The van der Waals surface area contributed by atoms with Gasteiger partial charge >= 0.3 is 0 Å². The lowest BCUT2D eigenvalue weighted by Gasteiger charge is -2.16. The number of sulfone groups is 1. The molecule has 4 heteroatoms. The lowest BCUT2D eigenvalue weighted by Crippen LogP contribution is -2.32. The Morgan fingerprint density at radius 1 is 1.36 bits per heavy atom. The van der Waals surface area contributed by atoms with Crippen LogP contribution >= 0.6 is 0 Å². The normalized spacial score (nSPS) is 17.8. The highest BCUT2D eigenvalue weighted by Gasteiger charge is 2.25. The van der Waals surface area contributed by atoms with Crippen LogP contribution in [-0.2, 0) is 9.84 Å². The zero-order valence-electron chi connectivity index (χ0n) is 7.24. The van der Waals surface area contributed by atoms with E-state index in [4.69, 9.17) is 5.11 Å². The SMILES string of the molecule is CC[C@@H]([C@@H](C)O)S(=O)(=O)CC. The molecule has 0 aromatic carbocycles. The van der Waals surface area contributed by atoms with Crippen LogP contribution in [0.4, 0.5) is 0 Å². The number of aliphatic hydroxyl groups excluding tert-OH is 1. The van der Waals surface area contributed by atoms with Gasteiger partial charge in [0.15, 0.2) is 9.84 Å². The first-order chi connectivity index (χ1) is 4.95. The molecule has 0 spiro atoms. The fraction of sp³-hybridized carbons (Fsp3) is 1.00. The fourth-order valence-electron chi connectivity index (χ4n) is 1.11. The standard InChI is InChI=1S/C7H16O3S/c1-4-7(6(3)8)11(9,10)5-2/h6-8H,4-5H2,1-3H3/t6-,7+/m1/s1. The van der Waals surface area contributed by atoms with Gasteiger partial charge in [0.1, 0.15) is 0 Å². The smallest absolute Gasteiger partial charge is 0.155 e. The molecule has 11 heavy (non-hydrogen) atoms. The molecule has 0 amide bonds. The molecule has 0 aliphatic rings. The molecule has 0 aliphatic carbocycles. The van der Waals surface area contributed by atoms with Gasteiger partial charge in [0.2, 0.25) is 0 Å².